The Labute approximate surface area is 155 Å². The van der Waals surface area contributed by atoms with Crippen molar-refractivity contribution in [1.29, 1.82) is 5.26 Å². The monoisotopic (exact) mass is 353 g/mol. The van der Waals surface area contributed by atoms with Crippen LogP contribution in [0.3, 0.4) is 0 Å². The third kappa shape index (κ3) is 4.97. The molecule has 0 amide bonds. The van der Waals surface area contributed by atoms with Crippen molar-refractivity contribution in [1.82, 2.24) is 0 Å². The SMILES string of the molecule is CCCCCCCC1COC(c2ccc(-c3ccc(C#N)cc3)o2)OC1. The Bertz CT molecular complexity index is 706. The molecule has 26 heavy (non-hydrogen) atoms. The minimum absolute atomic E-state index is 0.418. The molecule has 1 aromatic carbocycles. The van der Waals surface area contributed by atoms with E-state index in [1.807, 2.05) is 24.3 Å². The first-order valence-corrected chi connectivity index (χ1v) is 9.63. The Morgan fingerprint density at radius 1 is 0.962 bits per heavy atom. The molecule has 1 aliphatic heterocycles. The molecule has 1 fully saturated rings. The summed E-state index contributed by atoms with van der Waals surface area (Å²) in [7, 11) is 0. The Morgan fingerprint density at radius 3 is 2.38 bits per heavy atom. The van der Waals surface area contributed by atoms with E-state index in [-0.39, 0.29) is 0 Å². The highest BCUT2D eigenvalue weighted by molar-refractivity contribution is 5.58. The zero-order valence-electron chi connectivity index (χ0n) is 15.4. The van der Waals surface area contributed by atoms with Gasteiger partial charge in [-0.25, -0.2) is 0 Å². The average Bonchev–Trinajstić information content (AvgIpc) is 3.18. The maximum absolute atomic E-state index is 8.88. The summed E-state index contributed by atoms with van der Waals surface area (Å²) < 4.78 is 17.7. The van der Waals surface area contributed by atoms with Gasteiger partial charge in [0.2, 0.25) is 6.29 Å². The van der Waals surface area contributed by atoms with Gasteiger partial charge in [0, 0.05) is 11.5 Å². The Hall–Kier alpha value is -2.09. The lowest BCUT2D eigenvalue weighted by molar-refractivity contribution is -0.213. The molecule has 0 N–H and O–H groups in total. The zero-order chi connectivity index (χ0) is 18.2. The van der Waals surface area contributed by atoms with Crippen molar-refractivity contribution >= 4 is 0 Å². The molecular formula is C22H27NO3. The van der Waals surface area contributed by atoms with Gasteiger partial charge >= 0.3 is 0 Å². The summed E-state index contributed by atoms with van der Waals surface area (Å²) >= 11 is 0. The number of furan rings is 1. The fourth-order valence-electron chi connectivity index (χ4n) is 3.25. The van der Waals surface area contributed by atoms with Crippen LogP contribution in [0.4, 0.5) is 0 Å². The van der Waals surface area contributed by atoms with Crippen molar-refractivity contribution in [2.24, 2.45) is 5.92 Å². The fourth-order valence-corrected chi connectivity index (χ4v) is 3.25. The van der Waals surface area contributed by atoms with Gasteiger partial charge in [0.05, 0.1) is 24.8 Å². The maximum atomic E-state index is 8.88. The Kier molecular flexibility index (Phi) is 6.88. The highest BCUT2D eigenvalue weighted by atomic mass is 16.7. The number of hydrogen-bond acceptors (Lipinski definition) is 4. The fraction of sp³-hybridized carbons (Fsp3) is 0.500. The van der Waals surface area contributed by atoms with Crippen LogP contribution in [0.25, 0.3) is 11.3 Å². The van der Waals surface area contributed by atoms with Gasteiger partial charge < -0.3 is 13.9 Å². The van der Waals surface area contributed by atoms with Gasteiger partial charge in [0.25, 0.3) is 0 Å². The van der Waals surface area contributed by atoms with Crippen LogP contribution in [-0.2, 0) is 9.47 Å². The van der Waals surface area contributed by atoms with E-state index in [9.17, 15) is 0 Å². The molecule has 0 radical (unpaired) electrons. The number of unbranched alkanes of at least 4 members (excludes halogenated alkanes) is 4. The lowest BCUT2D eigenvalue weighted by Crippen LogP contribution is -2.26. The molecule has 0 saturated carbocycles. The second-order valence-corrected chi connectivity index (χ2v) is 6.96. The summed E-state index contributed by atoms with van der Waals surface area (Å²) in [6.45, 7) is 3.70. The smallest absolute Gasteiger partial charge is 0.217 e. The van der Waals surface area contributed by atoms with Crippen LogP contribution in [0.15, 0.2) is 40.8 Å². The van der Waals surface area contributed by atoms with E-state index in [1.165, 1.54) is 38.5 Å². The van der Waals surface area contributed by atoms with Gasteiger partial charge in [0.15, 0.2) is 5.76 Å². The number of benzene rings is 1. The van der Waals surface area contributed by atoms with E-state index in [2.05, 4.69) is 13.0 Å². The summed E-state index contributed by atoms with van der Waals surface area (Å²) in [5, 5.41) is 8.88. The zero-order valence-corrected chi connectivity index (χ0v) is 15.4. The van der Waals surface area contributed by atoms with Crippen molar-refractivity contribution in [2.45, 2.75) is 51.7 Å². The van der Waals surface area contributed by atoms with Crippen molar-refractivity contribution in [3.63, 3.8) is 0 Å². The van der Waals surface area contributed by atoms with E-state index < -0.39 is 6.29 Å². The van der Waals surface area contributed by atoms with E-state index in [0.29, 0.717) is 17.2 Å². The molecule has 138 valence electrons. The van der Waals surface area contributed by atoms with Crippen LogP contribution in [-0.4, -0.2) is 13.2 Å². The second kappa shape index (κ2) is 9.56. The number of nitriles is 1. The molecule has 4 heteroatoms. The molecule has 0 aliphatic carbocycles. The van der Waals surface area contributed by atoms with E-state index in [4.69, 9.17) is 19.2 Å². The van der Waals surface area contributed by atoms with Gasteiger partial charge in [-0.05, 0) is 42.8 Å². The highest BCUT2D eigenvalue weighted by Crippen LogP contribution is 2.31. The van der Waals surface area contributed by atoms with Crippen LogP contribution in [0.1, 0.15) is 63.1 Å². The third-order valence-electron chi connectivity index (χ3n) is 4.84. The van der Waals surface area contributed by atoms with Gasteiger partial charge in [-0.2, -0.15) is 5.26 Å². The molecule has 0 unspecified atom stereocenters. The van der Waals surface area contributed by atoms with Crippen LogP contribution < -0.4 is 0 Å². The summed E-state index contributed by atoms with van der Waals surface area (Å²) in [4.78, 5) is 0. The van der Waals surface area contributed by atoms with Crippen LogP contribution in [0.5, 0.6) is 0 Å². The van der Waals surface area contributed by atoms with E-state index in [1.54, 1.807) is 12.1 Å². The Morgan fingerprint density at radius 2 is 1.69 bits per heavy atom. The summed E-state index contributed by atoms with van der Waals surface area (Å²) in [6.07, 6.45) is 7.26. The molecule has 2 aromatic rings. The first kappa shape index (κ1) is 18.7. The molecule has 1 aliphatic rings. The predicted molar refractivity (Wildman–Crippen MR) is 100 cm³/mol. The van der Waals surface area contributed by atoms with Crippen LogP contribution in [0.2, 0.25) is 0 Å². The molecule has 0 spiro atoms. The lowest BCUT2D eigenvalue weighted by Gasteiger charge is -2.28. The summed E-state index contributed by atoms with van der Waals surface area (Å²) in [5.41, 5.74) is 1.58. The minimum Gasteiger partial charge on any atom is -0.456 e. The Balaban J connectivity index is 1.47. The summed E-state index contributed by atoms with van der Waals surface area (Å²) in [5.74, 6) is 1.95. The third-order valence-corrected chi connectivity index (χ3v) is 4.84. The largest absolute Gasteiger partial charge is 0.456 e. The first-order chi connectivity index (χ1) is 12.8. The normalized spacial score (nSPS) is 20.0. The predicted octanol–water partition coefficient (Wildman–Crippen LogP) is 5.84. The second-order valence-electron chi connectivity index (χ2n) is 6.96. The first-order valence-electron chi connectivity index (χ1n) is 9.63. The topological polar surface area (TPSA) is 55.4 Å². The molecule has 3 rings (SSSR count). The van der Waals surface area contributed by atoms with Crippen molar-refractivity contribution < 1.29 is 13.9 Å². The number of hydrogen-bond donors (Lipinski definition) is 0. The standard InChI is InChI=1S/C22H27NO3/c1-2-3-4-5-6-7-18-15-24-22(25-16-18)21-13-12-20(26-21)19-10-8-17(14-23)9-11-19/h8-13,18,22H,2-7,15-16H2,1H3. The van der Waals surface area contributed by atoms with Gasteiger partial charge in [-0.15, -0.1) is 0 Å². The van der Waals surface area contributed by atoms with Gasteiger partial charge in [-0.3, -0.25) is 0 Å². The molecule has 0 bridgehead atoms. The van der Waals surface area contributed by atoms with E-state index in [0.717, 1.165) is 24.5 Å². The molecule has 1 saturated heterocycles. The number of ether oxygens (including phenoxy) is 2. The van der Waals surface area contributed by atoms with Crippen molar-refractivity contribution in [3.8, 4) is 17.4 Å². The molecule has 4 nitrogen and oxygen atoms in total. The van der Waals surface area contributed by atoms with E-state index >= 15 is 0 Å². The molecule has 0 atom stereocenters. The quantitative estimate of drug-likeness (QED) is 0.559. The lowest BCUT2D eigenvalue weighted by atomic mass is 10.0. The number of rotatable bonds is 8. The average molecular weight is 353 g/mol. The molecular weight excluding hydrogens is 326 g/mol. The highest BCUT2D eigenvalue weighted by Gasteiger charge is 2.25. The van der Waals surface area contributed by atoms with Gasteiger partial charge in [-0.1, -0.05) is 39.0 Å². The summed E-state index contributed by atoms with van der Waals surface area (Å²) in [6, 6.07) is 13.3. The van der Waals surface area contributed by atoms with Crippen molar-refractivity contribution in [3.05, 3.63) is 47.7 Å². The maximum Gasteiger partial charge on any atom is 0.217 e. The number of nitrogens with zero attached hydrogens (tertiary/aromatic N) is 1. The van der Waals surface area contributed by atoms with Crippen LogP contribution >= 0.6 is 0 Å². The molecule has 2 heterocycles. The van der Waals surface area contributed by atoms with Gasteiger partial charge in [0.1, 0.15) is 5.76 Å². The molecule has 1 aromatic heterocycles. The minimum atomic E-state index is -0.418. The van der Waals surface area contributed by atoms with Crippen LogP contribution in [0, 0.1) is 17.2 Å². The van der Waals surface area contributed by atoms with Crippen molar-refractivity contribution in [2.75, 3.05) is 13.2 Å².